The van der Waals surface area contributed by atoms with Crippen LogP contribution < -0.4 is 0 Å². The van der Waals surface area contributed by atoms with Crippen LogP contribution in [0.1, 0.15) is 15.9 Å². The van der Waals surface area contributed by atoms with Crippen molar-refractivity contribution in [3.8, 4) is 0 Å². The third kappa shape index (κ3) is 3.71. The van der Waals surface area contributed by atoms with Crippen molar-refractivity contribution in [2.24, 2.45) is 0 Å². The van der Waals surface area contributed by atoms with Crippen LogP contribution in [0.25, 0.3) is 0 Å². The molecule has 0 spiro atoms. The first kappa shape index (κ1) is 12.8. The van der Waals surface area contributed by atoms with E-state index in [0.717, 1.165) is 12.1 Å². The van der Waals surface area contributed by atoms with Crippen LogP contribution in [-0.4, -0.2) is 17.4 Å². The quantitative estimate of drug-likeness (QED) is 0.902. The van der Waals surface area contributed by atoms with Crippen molar-refractivity contribution in [3.63, 3.8) is 0 Å². The first-order valence-electron chi connectivity index (χ1n) is 4.02. The van der Waals surface area contributed by atoms with Crippen LogP contribution in [0, 0.1) is 0 Å². The number of aromatic carboxylic acids is 1. The molecule has 0 fully saturated rings. The molecule has 0 aliphatic heterocycles. The minimum absolute atomic E-state index is 0.0731. The highest BCUT2D eigenvalue weighted by atomic mass is 35.5. The number of carboxylic acids is 1. The molecule has 0 heterocycles. The molecule has 0 radical (unpaired) electrons. The molecule has 1 N–H and O–H groups in total. The Morgan fingerprint density at radius 1 is 1.44 bits per heavy atom. The van der Waals surface area contributed by atoms with Crippen molar-refractivity contribution in [1.29, 1.82) is 0 Å². The second-order valence-corrected chi connectivity index (χ2v) is 3.25. The van der Waals surface area contributed by atoms with E-state index >= 15 is 0 Å². The van der Waals surface area contributed by atoms with Crippen LogP contribution in [0.4, 0.5) is 13.2 Å². The minimum atomic E-state index is -4.74. The number of rotatable bonds is 3. The van der Waals surface area contributed by atoms with Gasteiger partial charge < -0.3 is 5.11 Å². The Balaban J connectivity index is 2.80. The van der Waals surface area contributed by atoms with E-state index in [1.807, 2.05) is 0 Å². The lowest BCUT2D eigenvalue weighted by Gasteiger charge is -2.08. The van der Waals surface area contributed by atoms with Gasteiger partial charge >= 0.3 is 12.3 Å². The summed E-state index contributed by atoms with van der Waals surface area (Å²) in [5.41, 5.74) is -0.0234. The van der Waals surface area contributed by atoms with Crippen LogP contribution in [-0.2, 0) is 11.3 Å². The molecule has 1 aromatic carbocycles. The van der Waals surface area contributed by atoms with Gasteiger partial charge in [-0.3, -0.25) is 4.74 Å². The van der Waals surface area contributed by atoms with Crippen LogP contribution >= 0.6 is 11.6 Å². The lowest BCUT2D eigenvalue weighted by atomic mass is 10.1. The molecular formula is C9H6ClF3O3. The Morgan fingerprint density at radius 3 is 2.50 bits per heavy atom. The second kappa shape index (κ2) is 4.71. The summed E-state index contributed by atoms with van der Waals surface area (Å²) in [6, 6.07) is 3.40. The van der Waals surface area contributed by atoms with Gasteiger partial charge in [-0.15, -0.1) is 13.2 Å². The van der Waals surface area contributed by atoms with E-state index in [1.165, 1.54) is 6.07 Å². The average molecular weight is 255 g/mol. The molecule has 7 heteroatoms. The number of hydrogen-bond donors (Lipinski definition) is 1. The van der Waals surface area contributed by atoms with Crippen molar-refractivity contribution >= 4 is 17.6 Å². The highest BCUT2D eigenvalue weighted by Crippen LogP contribution is 2.23. The van der Waals surface area contributed by atoms with E-state index in [-0.39, 0.29) is 16.1 Å². The van der Waals surface area contributed by atoms with Crippen molar-refractivity contribution in [2.75, 3.05) is 0 Å². The summed E-state index contributed by atoms with van der Waals surface area (Å²) in [5.74, 6) is -1.20. The number of benzene rings is 1. The number of carboxylic acid groups (broad SMARTS) is 1. The highest BCUT2D eigenvalue weighted by molar-refractivity contribution is 6.31. The predicted octanol–water partition coefficient (Wildman–Crippen LogP) is 3.07. The Hall–Kier alpha value is -1.27. The molecule has 0 bridgehead atoms. The molecule has 0 aromatic heterocycles. The first-order chi connectivity index (χ1) is 7.29. The number of halogens is 4. The van der Waals surface area contributed by atoms with Crippen LogP contribution in [0.2, 0.25) is 5.02 Å². The van der Waals surface area contributed by atoms with E-state index in [0.29, 0.717) is 0 Å². The van der Waals surface area contributed by atoms with E-state index in [4.69, 9.17) is 16.7 Å². The zero-order valence-electron chi connectivity index (χ0n) is 7.71. The zero-order chi connectivity index (χ0) is 12.3. The van der Waals surface area contributed by atoms with Crippen molar-refractivity contribution in [3.05, 3.63) is 34.3 Å². The van der Waals surface area contributed by atoms with Crippen LogP contribution in [0.3, 0.4) is 0 Å². The van der Waals surface area contributed by atoms with Gasteiger partial charge in [0.05, 0.1) is 12.2 Å². The molecule has 0 aliphatic carbocycles. The summed E-state index contributed by atoms with van der Waals surface area (Å²) in [4.78, 5) is 10.5. The molecule has 1 rings (SSSR count). The lowest BCUT2D eigenvalue weighted by molar-refractivity contribution is -0.330. The standard InChI is InChI=1S/C9H6ClF3O3/c10-7-3-5(8(14)15)1-2-6(7)4-16-9(11,12)13/h1-3H,4H2,(H,14,15). The summed E-state index contributed by atoms with van der Waals surface area (Å²) in [5, 5.41) is 8.51. The Bertz CT molecular complexity index is 403. The molecule has 0 unspecified atom stereocenters. The summed E-state index contributed by atoms with van der Waals surface area (Å²) in [7, 11) is 0. The third-order valence-electron chi connectivity index (χ3n) is 1.69. The number of ether oxygens (including phenoxy) is 1. The molecule has 0 aliphatic rings. The average Bonchev–Trinajstić information content (AvgIpc) is 2.14. The van der Waals surface area contributed by atoms with Gasteiger partial charge in [-0.1, -0.05) is 17.7 Å². The second-order valence-electron chi connectivity index (χ2n) is 2.85. The van der Waals surface area contributed by atoms with Crippen molar-refractivity contribution in [2.45, 2.75) is 13.0 Å². The van der Waals surface area contributed by atoms with Gasteiger partial charge in [0.15, 0.2) is 0 Å². The molecule has 3 nitrogen and oxygen atoms in total. The smallest absolute Gasteiger partial charge is 0.478 e. The first-order valence-corrected chi connectivity index (χ1v) is 4.40. The normalized spacial score (nSPS) is 11.5. The summed E-state index contributed by atoms with van der Waals surface area (Å²) in [6.45, 7) is -0.748. The predicted molar refractivity (Wildman–Crippen MR) is 49.3 cm³/mol. The van der Waals surface area contributed by atoms with Gasteiger partial charge in [-0.2, -0.15) is 0 Å². The van der Waals surface area contributed by atoms with Gasteiger partial charge in [0.25, 0.3) is 0 Å². The van der Waals surface area contributed by atoms with Gasteiger partial charge in [0, 0.05) is 5.02 Å². The van der Waals surface area contributed by atoms with Crippen LogP contribution in [0.5, 0.6) is 0 Å². The molecule has 0 amide bonds. The van der Waals surface area contributed by atoms with Gasteiger partial charge in [-0.25, -0.2) is 4.79 Å². The molecule has 0 saturated carbocycles. The maximum Gasteiger partial charge on any atom is 0.522 e. The number of carbonyl (C=O) groups is 1. The summed E-state index contributed by atoms with van der Waals surface area (Å²) >= 11 is 5.59. The van der Waals surface area contributed by atoms with Crippen molar-refractivity contribution in [1.82, 2.24) is 0 Å². The molecule has 0 atom stereocenters. The Labute approximate surface area is 93.4 Å². The van der Waals surface area contributed by atoms with E-state index in [9.17, 15) is 18.0 Å². The highest BCUT2D eigenvalue weighted by Gasteiger charge is 2.29. The number of hydrogen-bond acceptors (Lipinski definition) is 2. The SMILES string of the molecule is O=C(O)c1ccc(COC(F)(F)F)c(Cl)c1. The van der Waals surface area contributed by atoms with Crippen LogP contribution in [0.15, 0.2) is 18.2 Å². The maximum absolute atomic E-state index is 11.7. The summed E-state index contributed by atoms with van der Waals surface area (Å²) < 4.78 is 38.7. The van der Waals surface area contributed by atoms with E-state index in [1.54, 1.807) is 0 Å². The molecule has 88 valence electrons. The van der Waals surface area contributed by atoms with E-state index < -0.39 is 18.9 Å². The summed E-state index contributed by atoms with van der Waals surface area (Å²) in [6.07, 6.45) is -4.74. The molecular weight excluding hydrogens is 249 g/mol. The Kier molecular flexibility index (Phi) is 3.77. The van der Waals surface area contributed by atoms with Gasteiger partial charge in [0.1, 0.15) is 0 Å². The zero-order valence-corrected chi connectivity index (χ0v) is 8.47. The fourth-order valence-electron chi connectivity index (χ4n) is 0.957. The fourth-order valence-corrected chi connectivity index (χ4v) is 1.19. The van der Waals surface area contributed by atoms with Gasteiger partial charge in [-0.05, 0) is 17.7 Å². The Morgan fingerprint density at radius 2 is 2.06 bits per heavy atom. The number of alkyl halides is 3. The largest absolute Gasteiger partial charge is 0.522 e. The third-order valence-corrected chi connectivity index (χ3v) is 2.04. The lowest BCUT2D eigenvalue weighted by Crippen LogP contribution is -2.13. The fraction of sp³-hybridized carbons (Fsp3) is 0.222. The van der Waals surface area contributed by atoms with Gasteiger partial charge in [0.2, 0.25) is 0 Å². The minimum Gasteiger partial charge on any atom is -0.478 e. The molecule has 0 saturated heterocycles. The monoisotopic (exact) mass is 254 g/mol. The molecule has 1 aromatic rings. The van der Waals surface area contributed by atoms with Crippen molar-refractivity contribution < 1.29 is 27.8 Å². The van der Waals surface area contributed by atoms with E-state index in [2.05, 4.69) is 4.74 Å². The topological polar surface area (TPSA) is 46.5 Å². The molecule has 16 heavy (non-hydrogen) atoms. The maximum atomic E-state index is 11.7.